The number of nitrogens with zero attached hydrogens (tertiary/aromatic N) is 2. The first-order chi connectivity index (χ1) is 30.3. The third kappa shape index (κ3) is 44.9. The molecule has 0 heterocycles. The van der Waals surface area contributed by atoms with Gasteiger partial charge >= 0.3 is 17.9 Å². The molecule has 0 bridgehead atoms. The van der Waals surface area contributed by atoms with Gasteiger partial charge in [-0.3, -0.25) is 14.4 Å². The van der Waals surface area contributed by atoms with E-state index in [-0.39, 0.29) is 17.9 Å². The largest absolute Gasteiger partial charge is 0.466 e. The standard InChI is InChI=1S/C54H106N2O6/c1-6-9-12-15-18-21-24-27-30-33-36-48-60-52(57)40-45-55(46-41-53(58)61-49-37-34-31-28-25-22-19-16-13-10-7-2)43-39-44-56(51(4)5)47-42-54(59)62-50-38-35-32-29-26-23-20-17-14-11-8-3/h51H,6-50H2,1-5H3. The summed E-state index contributed by atoms with van der Waals surface area (Å²) >= 11 is 0. The fraction of sp³-hybridized carbons (Fsp3) is 0.944. The second-order valence-electron chi connectivity index (χ2n) is 18.8. The molecular formula is C54H106N2O6. The van der Waals surface area contributed by atoms with Crippen LogP contribution in [-0.4, -0.2) is 86.3 Å². The number of hydrogen-bond donors (Lipinski definition) is 0. The van der Waals surface area contributed by atoms with Crippen LogP contribution in [0, 0.1) is 0 Å². The van der Waals surface area contributed by atoms with E-state index >= 15 is 0 Å². The molecule has 8 nitrogen and oxygen atoms in total. The summed E-state index contributed by atoms with van der Waals surface area (Å²) in [4.78, 5) is 42.6. The Labute approximate surface area is 385 Å². The van der Waals surface area contributed by atoms with Gasteiger partial charge in [-0.2, -0.15) is 0 Å². The van der Waals surface area contributed by atoms with Crippen molar-refractivity contribution in [3.8, 4) is 0 Å². The third-order valence-electron chi connectivity index (χ3n) is 12.6. The minimum Gasteiger partial charge on any atom is -0.466 e. The van der Waals surface area contributed by atoms with E-state index in [1.54, 1.807) is 0 Å². The van der Waals surface area contributed by atoms with Gasteiger partial charge in [-0.25, -0.2) is 0 Å². The van der Waals surface area contributed by atoms with Gasteiger partial charge < -0.3 is 24.0 Å². The summed E-state index contributed by atoms with van der Waals surface area (Å²) in [5.41, 5.74) is 0. The third-order valence-corrected chi connectivity index (χ3v) is 12.6. The molecule has 368 valence electrons. The smallest absolute Gasteiger partial charge is 0.307 e. The Morgan fingerprint density at radius 3 is 0.855 bits per heavy atom. The molecular weight excluding hydrogens is 773 g/mol. The molecule has 62 heavy (non-hydrogen) atoms. The SMILES string of the molecule is CCCCCCCCCCCCCOC(=O)CCN(CCCN(CCC(=O)OCCCCCCCCCCCCC)C(C)C)CCC(=O)OCCCCCCCCCCCCC. The van der Waals surface area contributed by atoms with Gasteiger partial charge in [0.1, 0.15) is 0 Å². The van der Waals surface area contributed by atoms with E-state index in [2.05, 4.69) is 44.4 Å². The lowest BCUT2D eigenvalue weighted by Gasteiger charge is -2.28. The number of esters is 3. The fourth-order valence-electron chi connectivity index (χ4n) is 8.27. The average Bonchev–Trinajstić information content (AvgIpc) is 3.26. The molecule has 0 saturated heterocycles. The van der Waals surface area contributed by atoms with Crippen LogP contribution in [0.4, 0.5) is 0 Å². The topological polar surface area (TPSA) is 85.4 Å². The molecule has 0 aromatic heterocycles. The van der Waals surface area contributed by atoms with E-state index in [1.807, 2.05) is 0 Å². The monoisotopic (exact) mass is 879 g/mol. The number of hydrogen-bond acceptors (Lipinski definition) is 8. The molecule has 0 saturated carbocycles. The molecule has 0 spiro atoms. The first-order valence-corrected chi connectivity index (χ1v) is 27.3. The van der Waals surface area contributed by atoms with E-state index < -0.39 is 0 Å². The predicted molar refractivity (Wildman–Crippen MR) is 264 cm³/mol. The summed E-state index contributed by atoms with van der Waals surface area (Å²) in [5.74, 6) is -0.420. The Morgan fingerprint density at radius 2 is 0.581 bits per heavy atom. The van der Waals surface area contributed by atoms with Crippen molar-refractivity contribution in [1.29, 1.82) is 0 Å². The van der Waals surface area contributed by atoms with Crippen molar-refractivity contribution in [3.05, 3.63) is 0 Å². The van der Waals surface area contributed by atoms with Crippen LogP contribution in [0.2, 0.25) is 0 Å². The quantitative estimate of drug-likeness (QED) is 0.0339. The van der Waals surface area contributed by atoms with Crippen molar-refractivity contribution in [2.75, 3.05) is 52.5 Å². The summed E-state index contributed by atoms with van der Waals surface area (Å²) in [6, 6.07) is 0.305. The molecule has 0 aromatic carbocycles. The highest BCUT2D eigenvalue weighted by Gasteiger charge is 2.16. The van der Waals surface area contributed by atoms with Crippen molar-refractivity contribution in [3.63, 3.8) is 0 Å². The summed E-state index contributed by atoms with van der Waals surface area (Å²) in [6.45, 7) is 16.1. The number of ether oxygens (including phenoxy) is 3. The van der Waals surface area contributed by atoms with E-state index in [4.69, 9.17) is 14.2 Å². The highest BCUT2D eigenvalue weighted by atomic mass is 16.5. The van der Waals surface area contributed by atoms with Crippen LogP contribution in [0.3, 0.4) is 0 Å². The van der Waals surface area contributed by atoms with Gasteiger partial charge in [0.25, 0.3) is 0 Å². The van der Waals surface area contributed by atoms with Crippen molar-refractivity contribution in [2.24, 2.45) is 0 Å². The van der Waals surface area contributed by atoms with Crippen LogP contribution < -0.4 is 0 Å². The highest BCUT2D eigenvalue weighted by molar-refractivity contribution is 5.70. The maximum atomic E-state index is 12.7. The lowest BCUT2D eigenvalue weighted by molar-refractivity contribution is -0.145. The Bertz CT molecular complexity index is 917. The van der Waals surface area contributed by atoms with Gasteiger partial charge in [0.15, 0.2) is 0 Å². The normalized spacial score (nSPS) is 11.6. The van der Waals surface area contributed by atoms with Crippen molar-refractivity contribution in [1.82, 2.24) is 9.80 Å². The number of carbonyl (C=O) groups excluding carboxylic acids is 3. The molecule has 8 heteroatoms. The zero-order valence-corrected chi connectivity index (χ0v) is 42.2. The Hall–Kier alpha value is -1.67. The van der Waals surface area contributed by atoms with Crippen LogP contribution in [0.5, 0.6) is 0 Å². The van der Waals surface area contributed by atoms with Gasteiger partial charge in [0.05, 0.1) is 39.1 Å². The molecule has 0 aliphatic rings. The minimum absolute atomic E-state index is 0.109. The van der Waals surface area contributed by atoms with Gasteiger partial charge in [0.2, 0.25) is 0 Å². The summed E-state index contributed by atoms with van der Waals surface area (Å²) < 4.78 is 16.8. The molecule has 0 amide bonds. The average molecular weight is 879 g/mol. The number of rotatable bonds is 50. The lowest BCUT2D eigenvalue weighted by Crippen LogP contribution is -2.37. The van der Waals surface area contributed by atoms with E-state index in [0.29, 0.717) is 64.8 Å². The summed E-state index contributed by atoms with van der Waals surface area (Å²) in [6.07, 6.45) is 43.9. The zero-order chi connectivity index (χ0) is 45.4. The first-order valence-electron chi connectivity index (χ1n) is 27.3. The van der Waals surface area contributed by atoms with E-state index in [1.165, 1.54) is 173 Å². The van der Waals surface area contributed by atoms with Crippen LogP contribution in [-0.2, 0) is 28.6 Å². The summed E-state index contributed by atoms with van der Waals surface area (Å²) in [7, 11) is 0. The Kier molecular flexibility index (Phi) is 47.5. The highest BCUT2D eigenvalue weighted by Crippen LogP contribution is 2.15. The maximum absolute atomic E-state index is 12.7. The van der Waals surface area contributed by atoms with Gasteiger partial charge in [-0.05, 0) is 52.6 Å². The van der Waals surface area contributed by atoms with E-state index in [0.717, 1.165) is 58.0 Å². The lowest BCUT2D eigenvalue weighted by atomic mass is 10.1. The molecule has 0 radical (unpaired) electrons. The molecule has 0 rings (SSSR count). The Morgan fingerprint density at radius 1 is 0.323 bits per heavy atom. The zero-order valence-electron chi connectivity index (χ0n) is 42.2. The molecule has 0 unspecified atom stereocenters. The summed E-state index contributed by atoms with van der Waals surface area (Å²) in [5, 5.41) is 0. The van der Waals surface area contributed by atoms with Crippen LogP contribution >= 0.6 is 0 Å². The molecule has 0 aliphatic carbocycles. The second-order valence-corrected chi connectivity index (χ2v) is 18.8. The van der Waals surface area contributed by atoms with E-state index in [9.17, 15) is 14.4 Å². The van der Waals surface area contributed by atoms with Crippen molar-refractivity contribution < 1.29 is 28.6 Å². The minimum atomic E-state index is -0.156. The van der Waals surface area contributed by atoms with Crippen LogP contribution in [0.25, 0.3) is 0 Å². The maximum Gasteiger partial charge on any atom is 0.307 e. The molecule has 0 aliphatic heterocycles. The fourth-order valence-corrected chi connectivity index (χ4v) is 8.27. The molecule has 0 atom stereocenters. The van der Waals surface area contributed by atoms with Gasteiger partial charge in [0, 0.05) is 25.7 Å². The predicted octanol–water partition coefficient (Wildman–Crippen LogP) is 15.1. The number of unbranched alkanes of at least 4 members (excludes halogenated alkanes) is 30. The molecule has 0 N–H and O–H groups in total. The van der Waals surface area contributed by atoms with Crippen molar-refractivity contribution >= 4 is 17.9 Å². The van der Waals surface area contributed by atoms with Gasteiger partial charge in [-0.15, -0.1) is 0 Å². The van der Waals surface area contributed by atoms with Crippen molar-refractivity contribution in [2.45, 2.75) is 278 Å². The molecule has 0 aromatic rings. The Balaban J connectivity index is 4.57. The molecule has 0 fully saturated rings. The second kappa shape index (κ2) is 48.8. The van der Waals surface area contributed by atoms with Crippen LogP contribution in [0.15, 0.2) is 0 Å². The van der Waals surface area contributed by atoms with Crippen LogP contribution in [0.1, 0.15) is 272 Å². The number of carbonyl (C=O) groups is 3. The first kappa shape index (κ1) is 60.3. The van der Waals surface area contributed by atoms with Gasteiger partial charge in [-0.1, -0.05) is 213 Å².